The predicted molar refractivity (Wildman–Crippen MR) is 127 cm³/mol. The smallest absolute Gasteiger partial charge is 0.266 e. The molecule has 0 saturated heterocycles. The van der Waals surface area contributed by atoms with Crippen LogP contribution in [0, 0.1) is 0 Å². The zero-order chi connectivity index (χ0) is 23.0. The predicted octanol–water partition coefficient (Wildman–Crippen LogP) is 6.17. The standard InChI is InChI=1S/C25H20Cl2N2O3/c1-3-14-7-5-8-15(4-2)22(14)28-23(30)16-9-6-10-17(11-16)29-24(31)18-12-20(26)21(27)13-19(18)25(29)32/h5-13H,3-4H2,1-2H3,(H,28,30). The third-order valence-corrected chi connectivity index (χ3v) is 6.25. The van der Waals surface area contributed by atoms with Gasteiger partial charge in [-0.3, -0.25) is 14.4 Å². The first-order chi connectivity index (χ1) is 15.3. The quantitative estimate of drug-likeness (QED) is 0.457. The van der Waals surface area contributed by atoms with Gasteiger partial charge in [-0.2, -0.15) is 0 Å². The summed E-state index contributed by atoms with van der Waals surface area (Å²) in [5, 5.41) is 3.40. The van der Waals surface area contributed by atoms with Gasteiger partial charge in [0, 0.05) is 11.3 Å². The molecule has 0 saturated carbocycles. The summed E-state index contributed by atoms with van der Waals surface area (Å²) in [7, 11) is 0. The summed E-state index contributed by atoms with van der Waals surface area (Å²) in [6, 6.07) is 15.2. The lowest BCUT2D eigenvalue weighted by atomic mass is 10.0. The maximum Gasteiger partial charge on any atom is 0.266 e. The van der Waals surface area contributed by atoms with Crippen molar-refractivity contribution in [2.24, 2.45) is 0 Å². The van der Waals surface area contributed by atoms with E-state index in [1.165, 1.54) is 18.2 Å². The Bertz CT molecular complexity index is 1210. The molecule has 5 nitrogen and oxygen atoms in total. The first-order valence-corrected chi connectivity index (χ1v) is 11.0. The summed E-state index contributed by atoms with van der Waals surface area (Å²) in [6.45, 7) is 4.07. The SMILES string of the molecule is CCc1cccc(CC)c1NC(=O)c1cccc(N2C(=O)c3cc(Cl)c(Cl)cc3C2=O)c1. The number of imide groups is 1. The number of para-hydroxylation sites is 1. The van der Waals surface area contributed by atoms with Crippen LogP contribution in [0.1, 0.15) is 56.0 Å². The first-order valence-electron chi connectivity index (χ1n) is 10.3. The Balaban J connectivity index is 1.66. The van der Waals surface area contributed by atoms with Crippen molar-refractivity contribution in [2.75, 3.05) is 10.2 Å². The van der Waals surface area contributed by atoms with E-state index in [-0.39, 0.29) is 27.1 Å². The van der Waals surface area contributed by atoms with Gasteiger partial charge in [0.05, 0.1) is 26.9 Å². The number of nitrogens with zero attached hydrogens (tertiary/aromatic N) is 1. The Morgan fingerprint density at radius 3 is 1.91 bits per heavy atom. The van der Waals surface area contributed by atoms with Gasteiger partial charge in [-0.15, -0.1) is 0 Å². The molecule has 1 aliphatic rings. The Hall–Kier alpha value is -3.15. The van der Waals surface area contributed by atoms with Crippen molar-refractivity contribution in [3.8, 4) is 0 Å². The Kier molecular flexibility index (Phi) is 6.04. The lowest BCUT2D eigenvalue weighted by Gasteiger charge is -2.17. The van der Waals surface area contributed by atoms with E-state index >= 15 is 0 Å². The van der Waals surface area contributed by atoms with Crippen molar-refractivity contribution in [3.63, 3.8) is 0 Å². The topological polar surface area (TPSA) is 66.5 Å². The molecule has 0 unspecified atom stereocenters. The van der Waals surface area contributed by atoms with Crippen LogP contribution in [0.15, 0.2) is 54.6 Å². The highest BCUT2D eigenvalue weighted by atomic mass is 35.5. The Morgan fingerprint density at radius 1 is 0.844 bits per heavy atom. The summed E-state index contributed by atoms with van der Waals surface area (Å²) < 4.78 is 0. The third-order valence-electron chi connectivity index (χ3n) is 5.53. The van der Waals surface area contributed by atoms with E-state index in [2.05, 4.69) is 5.32 Å². The van der Waals surface area contributed by atoms with E-state index in [1.54, 1.807) is 18.2 Å². The fourth-order valence-corrected chi connectivity index (χ4v) is 4.17. The van der Waals surface area contributed by atoms with Gasteiger partial charge in [0.15, 0.2) is 0 Å². The molecule has 0 radical (unpaired) electrons. The van der Waals surface area contributed by atoms with Crippen molar-refractivity contribution in [3.05, 3.63) is 92.5 Å². The number of benzene rings is 3. The van der Waals surface area contributed by atoms with Crippen LogP contribution in [0.5, 0.6) is 0 Å². The zero-order valence-corrected chi connectivity index (χ0v) is 19.1. The molecule has 0 atom stereocenters. The second kappa shape index (κ2) is 8.77. The van der Waals surface area contributed by atoms with Crippen molar-refractivity contribution in [1.29, 1.82) is 0 Å². The minimum atomic E-state index is -0.509. The molecule has 1 N–H and O–H groups in total. The molecule has 0 aromatic heterocycles. The van der Waals surface area contributed by atoms with Gasteiger partial charge in [0.2, 0.25) is 0 Å². The van der Waals surface area contributed by atoms with E-state index in [0.717, 1.165) is 34.6 Å². The molecule has 7 heteroatoms. The van der Waals surface area contributed by atoms with Crippen LogP contribution >= 0.6 is 23.2 Å². The van der Waals surface area contributed by atoms with Crippen LogP contribution in [0.25, 0.3) is 0 Å². The number of nitrogens with one attached hydrogen (secondary N) is 1. The van der Waals surface area contributed by atoms with E-state index in [1.807, 2.05) is 32.0 Å². The number of hydrogen-bond donors (Lipinski definition) is 1. The lowest BCUT2D eigenvalue weighted by Crippen LogP contribution is -2.29. The molecular weight excluding hydrogens is 447 g/mol. The molecule has 0 fully saturated rings. The second-order valence-corrected chi connectivity index (χ2v) is 8.23. The molecule has 0 spiro atoms. The summed E-state index contributed by atoms with van der Waals surface area (Å²) in [5.74, 6) is -1.33. The molecule has 4 rings (SSSR count). The average Bonchev–Trinajstić information content (AvgIpc) is 3.03. The normalized spacial score (nSPS) is 12.8. The summed E-state index contributed by atoms with van der Waals surface area (Å²) in [4.78, 5) is 39.9. The van der Waals surface area contributed by atoms with Crippen molar-refractivity contribution in [2.45, 2.75) is 26.7 Å². The number of hydrogen-bond acceptors (Lipinski definition) is 3. The van der Waals surface area contributed by atoms with E-state index < -0.39 is 11.8 Å². The second-order valence-electron chi connectivity index (χ2n) is 7.42. The highest BCUT2D eigenvalue weighted by Gasteiger charge is 2.37. The number of carbonyl (C=O) groups is 3. The maximum absolute atomic E-state index is 13.1. The van der Waals surface area contributed by atoms with E-state index in [0.29, 0.717) is 11.3 Å². The van der Waals surface area contributed by atoms with Gasteiger partial charge in [-0.25, -0.2) is 4.90 Å². The number of anilines is 2. The van der Waals surface area contributed by atoms with Crippen LogP contribution < -0.4 is 10.2 Å². The van der Waals surface area contributed by atoms with Crippen molar-refractivity contribution >= 4 is 52.3 Å². The molecule has 32 heavy (non-hydrogen) atoms. The molecule has 1 aliphatic heterocycles. The molecule has 162 valence electrons. The maximum atomic E-state index is 13.1. The number of halogens is 2. The van der Waals surface area contributed by atoms with Crippen LogP contribution in [0.3, 0.4) is 0 Å². The molecule has 0 bridgehead atoms. The monoisotopic (exact) mass is 466 g/mol. The highest BCUT2D eigenvalue weighted by Crippen LogP contribution is 2.34. The summed E-state index contributed by atoms with van der Waals surface area (Å²) >= 11 is 12.1. The minimum absolute atomic E-state index is 0.184. The molecular formula is C25H20Cl2N2O3. The highest BCUT2D eigenvalue weighted by molar-refractivity contribution is 6.44. The molecule has 1 heterocycles. The average molecular weight is 467 g/mol. The van der Waals surface area contributed by atoms with Crippen LogP contribution in [-0.4, -0.2) is 17.7 Å². The van der Waals surface area contributed by atoms with Crippen molar-refractivity contribution in [1.82, 2.24) is 0 Å². The van der Waals surface area contributed by atoms with Gasteiger partial charge in [0.1, 0.15) is 0 Å². The number of rotatable bonds is 5. The largest absolute Gasteiger partial charge is 0.321 e. The number of carbonyl (C=O) groups excluding carboxylic acids is 3. The minimum Gasteiger partial charge on any atom is -0.321 e. The molecule has 0 aliphatic carbocycles. The van der Waals surface area contributed by atoms with Gasteiger partial charge < -0.3 is 5.32 Å². The van der Waals surface area contributed by atoms with Crippen LogP contribution in [-0.2, 0) is 12.8 Å². The van der Waals surface area contributed by atoms with Gasteiger partial charge in [0.25, 0.3) is 17.7 Å². The molecule has 3 aromatic rings. The summed E-state index contributed by atoms with van der Waals surface area (Å²) in [5.41, 5.74) is 3.90. The van der Waals surface area contributed by atoms with Gasteiger partial charge in [-0.1, -0.05) is 61.3 Å². The molecule has 3 amide bonds. The fourth-order valence-electron chi connectivity index (χ4n) is 3.84. The summed E-state index contributed by atoms with van der Waals surface area (Å²) in [6.07, 6.45) is 1.56. The van der Waals surface area contributed by atoms with Crippen LogP contribution in [0.4, 0.5) is 11.4 Å². The van der Waals surface area contributed by atoms with E-state index in [9.17, 15) is 14.4 Å². The van der Waals surface area contributed by atoms with Gasteiger partial charge in [-0.05, 0) is 54.3 Å². The fraction of sp³-hybridized carbons (Fsp3) is 0.160. The van der Waals surface area contributed by atoms with E-state index in [4.69, 9.17) is 23.2 Å². The Labute approximate surface area is 195 Å². The van der Waals surface area contributed by atoms with Crippen molar-refractivity contribution < 1.29 is 14.4 Å². The number of amides is 3. The zero-order valence-electron chi connectivity index (χ0n) is 17.5. The van der Waals surface area contributed by atoms with Gasteiger partial charge >= 0.3 is 0 Å². The Morgan fingerprint density at radius 2 is 1.38 bits per heavy atom. The lowest BCUT2D eigenvalue weighted by molar-refractivity contribution is 0.0924. The van der Waals surface area contributed by atoms with Crippen LogP contribution in [0.2, 0.25) is 10.0 Å². The number of aryl methyl sites for hydroxylation is 2. The number of fused-ring (bicyclic) bond motifs is 1. The molecule has 3 aromatic carbocycles. The first kappa shape index (κ1) is 22.1. The third kappa shape index (κ3) is 3.78.